The first-order valence-electron chi connectivity index (χ1n) is 7.84. The topological polar surface area (TPSA) is 65.0 Å². The van der Waals surface area contributed by atoms with E-state index >= 15 is 0 Å². The van der Waals surface area contributed by atoms with Crippen molar-refractivity contribution in [1.82, 2.24) is 15.0 Å². The predicted octanol–water partition coefficient (Wildman–Crippen LogP) is 4.95. The van der Waals surface area contributed by atoms with Crippen LogP contribution >= 0.6 is 0 Å². The third-order valence-corrected chi connectivity index (χ3v) is 3.63. The molecule has 3 rings (SSSR count). The third-order valence-electron chi connectivity index (χ3n) is 3.63. The minimum Gasteiger partial charge on any atom is -0.443 e. The smallest absolute Gasteiger partial charge is 0.245 e. The molecule has 0 aliphatic heterocycles. The van der Waals surface area contributed by atoms with E-state index in [1.54, 1.807) is 12.5 Å². The summed E-state index contributed by atoms with van der Waals surface area (Å²) >= 11 is 0. The molecule has 0 saturated carbocycles. The summed E-state index contributed by atoms with van der Waals surface area (Å²) in [5, 5.41) is 0. The van der Waals surface area contributed by atoms with Crippen molar-refractivity contribution >= 4 is 0 Å². The van der Waals surface area contributed by atoms with E-state index < -0.39 is 0 Å². The van der Waals surface area contributed by atoms with Crippen molar-refractivity contribution in [3.05, 3.63) is 41.6 Å². The molecular formula is C18H21N3O2. The summed E-state index contributed by atoms with van der Waals surface area (Å²) in [6, 6.07) is 3.90. The molecule has 3 aromatic heterocycles. The van der Waals surface area contributed by atoms with Crippen LogP contribution in [0, 0.1) is 6.92 Å². The van der Waals surface area contributed by atoms with Gasteiger partial charge in [0.15, 0.2) is 0 Å². The molecule has 0 amide bonds. The van der Waals surface area contributed by atoms with Crippen LogP contribution in [0.1, 0.15) is 56.5 Å². The molecule has 23 heavy (non-hydrogen) atoms. The Kier molecular flexibility index (Phi) is 4.03. The summed E-state index contributed by atoms with van der Waals surface area (Å²) in [6.07, 6.45) is 3.37. The molecule has 0 aliphatic rings. The van der Waals surface area contributed by atoms with E-state index in [4.69, 9.17) is 8.83 Å². The van der Waals surface area contributed by atoms with Gasteiger partial charge in [-0.1, -0.05) is 27.7 Å². The number of rotatable bonds is 4. The van der Waals surface area contributed by atoms with Crippen LogP contribution in [-0.2, 0) is 0 Å². The summed E-state index contributed by atoms with van der Waals surface area (Å²) in [4.78, 5) is 13.6. The van der Waals surface area contributed by atoms with Gasteiger partial charge in [0, 0.05) is 0 Å². The van der Waals surface area contributed by atoms with E-state index in [9.17, 15) is 0 Å². The van der Waals surface area contributed by atoms with Crippen molar-refractivity contribution in [1.29, 1.82) is 0 Å². The maximum atomic E-state index is 5.58. The Balaban J connectivity index is 2.01. The second kappa shape index (κ2) is 5.99. The highest BCUT2D eigenvalue weighted by atomic mass is 16.3. The van der Waals surface area contributed by atoms with Crippen molar-refractivity contribution in [2.45, 2.75) is 46.5 Å². The fourth-order valence-electron chi connectivity index (χ4n) is 2.22. The van der Waals surface area contributed by atoms with Crippen LogP contribution < -0.4 is 0 Å². The molecular weight excluding hydrogens is 290 g/mol. The number of aryl methyl sites for hydroxylation is 1. The number of oxazole rings is 2. The van der Waals surface area contributed by atoms with Crippen LogP contribution in [0.2, 0.25) is 0 Å². The van der Waals surface area contributed by atoms with Crippen molar-refractivity contribution in [3.8, 4) is 23.2 Å². The maximum absolute atomic E-state index is 5.58. The first-order chi connectivity index (χ1) is 10.9. The molecule has 0 N–H and O–H groups in total. The summed E-state index contributed by atoms with van der Waals surface area (Å²) in [5.41, 5.74) is 4.28. The van der Waals surface area contributed by atoms with Gasteiger partial charge < -0.3 is 8.83 Å². The molecule has 0 aromatic carbocycles. The molecule has 0 fully saturated rings. The zero-order valence-corrected chi connectivity index (χ0v) is 14.1. The molecule has 0 unspecified atom stereocenters. The first-order valence-corrected chi connectivity index (χ1v) is 7.84. The minimum atomic E-state index is 0.317. The molecule has 0 bridgehead atoms. The lowest BCUT2D eigenvalue weighted by atomic mass is 10.1. The monoisotopic (exact) mass is 311 g/mol. The molecule has 0 spiro atoms. The lowest BCUT2D eigenvalue weighted by molar-refractivity contribution is 0.564. The molecule has 3 aromatic rings. The van der Waals surface area contributed by atoms with E-state index in [0.717, 1.165) is 17.0 Å². The van der Waals surface area contributed by atoms with Crippen LogP contribution in [-0.4, -0.2) is 15.0 Å². The number of pyridine rings is 1. The predicted molar refractivity (Wildman–Crippen MR) is 88.1 cm³/mol. The molecule has 0 atom stereocenters. The highest BCUT2D eigenvalue weighted by molar-refractivity contribution is 5.57. The lowest BCUT2D eigenvalue weighted by Gasteiger charge is -2.02. The second-order valence-corrected chi connectivity index (χ2v) is 6.38. The molecule has 0 radical (unpaired) electrons. The molecule has 0 saturated heterocycles. The number of aromatic nitrogens is 3. The summed E-state index contributed by atoms with van der Waals surface area (Å²) in [5.74, 6) is 1.68. The summed E-state index contributed by atoms with van der Waals surface area (Å²) in [7, 11) is 0. The van der Waals surface area contributed by atoms with Crippen molar-refractivity contribution in [2.24, 2.45) is 0 Å². The van der Waals surface area contributed by atoms with Gasteiger partial charge in [-0.2, -0.15) is 0 Å². The Hall–Kier alpha value is -2.43. The average Bonchev–Trinajstić information content (AvgIpc) is 3.16. The van der Waals surface area contributed by atoms with E-state index in [-0.39, 0.29) is 0 Å². The van der Waals surface area contributed by atoms with Gasteiger partial charge in [0.1, 0.15) is 23.9 Å². The number of hydrogen-bond acceptors (Lipinski definition) is 5. The van der Waals surface area contributed by atoms with Crippen LogP contribution in [0.15, 0.2) is 33.5 Å². The number of nitrogens with zero attached hydrogens (tertiary/aromatic N) is 3. The standard InChI is InChI=1S/C18H21N3O2/c1-10(2)15-8-22-17(20-15)13-6-12(5)7-14(19-13)18-21-16(9-23-18)11(3)4/h6-11H,1-5H3. The van der Waals surface area contributed by atoms with E-state index in [1.807, 2.05) is 19.1 Å². The summed E-state index contributed by atoms with van der Waals surface area (Å²) in [6.45, 7) is 10.3. The fraction of sp³-hybridized carbons (Fsp3) is 0.389. The third kappa shape index (κ3) is 3.18. The van der Waals surface area contributed by atoms with Crippen molar-refractivity contribution in [3.63, 3.8) is 0 Å². The minimum absolute atomic E-state index is 0.317. The normalized spacial score (nSPS) is 11.6. The Bertz CT molecular complexity index is 751. The Labute approximate surface area is 135 Å². The van der Waals surface area contributed by atoms with Gasteiger partial charge in [0.2, 0.25) is 11.8 Å². The van der Waals surface area contributed by atoms with Gasteiger partial charge in [-0.05, 0) is 36.5 Å². The molecule has 3 heterocycles. The fourth-order valence-corrected chi connectivity index (χ4v) is 2.22. The number of hydrogen-bond donors (Lipinski definition) is 0. The zero-order valence-electron chi connectivity index (χ0n) is 14.1. The van der Waals surface area contributed by atoms with Crippen molar-refractivity contribution < 1.29 is 8.83 Å². The lowest BCUT2D eigenvalue weighted by Crippen LogP contribution is -1.93. The molecule has 5 heteroatoms. The van der Waals surface area contributed by atoms with Crippen LogP contribution in [0.4, 0.5) is 0 Å². The van der Waals surface area contributed by atoms with E-state index in [0.29, 0.717) is 35.0 Å². The second-order valence-electron chi connectivity index (χ2n) is 6.38. The van der Waals surface area contributed by atoms with Crippen LogP contribution in [0.5, 0.6) is 0 Å². The Morgan fingerprint density at radius 1 is 0.739 bits per heavy atom. The molecule has 5 nitrogen and oxygen atoms in total. The zero-order chi connectivity index (χ0) is 16.6. The Morgan fingerprint density at radius 2 is 1.17 bits per heavy atom. The molecule has 120 valence electrons. The van der Waals surface area contributed by atoms with E-state index in [2.05, 4.69) is 42.6 Å². The maximum Gasteiger partial charge on any atom is 0.245 e. The summed E-state index contributed by atoms with van der Waals surface area (Å²) < 4.78 is 11.2. The SMILES string of the molecule is Cc1cc(-c2nc(C(C)C)co2)nc(-c2nc(C(C)C)co2)c1. The van der Waals surface area contributed by atoms with Gasteiger partial charge in [-0.15, -0.1) is 0 Å². The Morgan fingerprint density at radius 3 is 1.52 bits per heavy atom. The average molecular weight is 311 g/mol. The van der Waals surface area contributed by atoms with Gasteiger partial charge in [0.25, 0.3) is 0 Å². The first kappa shape index (κ1) is 15.5. The van der Waals surface area contributed by atoms with Gasteiger partial charge in [-0.25, -0.2) is 15.0 Å². The van der Waals surface area contributed by atoms with E-state index in [1.165, 1.54) is 0 Å². The van der Waals surface area contributed by atoms with Crippen molar-refractivity contribution in [2.75, 3.05) is 0 Å². The highest BCUT2D eigenvalue weighted by Crippen LogP contribution is 2.26. The van der Waals surface area contributed by atoms with Crippen LogP contribution in [0.25, 0.3) is 23.2 Å². The van der Waals surface area contributed by atoms with Gasteiger partial charge in [-0.3, -0.25) is 0 Å². The van der Waals surface area contributed by atoms with Gasteiger partial charge >= 0.3 is 0 Å². The highest BCUT2D eigenvalue weighted by Gasteiger charge is 2.15. The largest absolute Gasteiger partial charge is 0.443 e. The quantitative estimate of drug-likeness (QED) is 0.682. The van der Waals surface area contributed by atoms with Gasteiger partial charge in [0.05, 0.1) is 11.4 Å². The van der Waals surface area contributed by atoms with Crippen LogP contribution in [0.3, 0.4) is 0 Å². The molecule has 0 aliphatic carbocycles.